The number of aromatic nitrogens is 1. The monoisotopic (exact) mass is 501 g/mol. The van der Waals surface area contributed by atoms with E-state index in [-0.39, 0.29) is 24.4 Å². The van der Waals surface area contributed by atoms with E-state index in [1.54, 1.807) is 14.2 Å². The molecule has 1 aromatic heterocycles. The minimum atomic E-state index is -0.542. The van der Waals surface area contributed by atoms with Crippen molar-refractivity contribution in [1.82, 2.24) is 14.8 Å². The van der Waals surface area contributed by atoms with Gasteiger partial charge in [0, 0.05) is 34.6 Å². The van der Waals surface area contributed by atoms with Crippen LogP contribution in [0.1, 0.15) is 67.8 Å². The Labute approximate surface area is 217 Å². The first-order valence-electron chi connectivity index (χ1n) is 13.5. The van der Waals surface area contributed by atoms with E-state index >= 15 is 0 Å². The molecule has 3 aromatic rings. The van der Waals surface area contributed by atoms with Gasteiger partial charge in [-0.3, -0.25) is 9.59 Å². The summed E-state index contributed by atoms with van der Waals surface area (Å²) in [4.78, 5) is 35.5. The Balaban J connectivity index is 1.48. The fourth-order valence-electron chi connectivity index (χ4n) is 6.72. The number of piperazine rings is 1. The first kappa shape index (κ1) is 23.9. The third kappa shape index (κ3) is 4.05. The van der Waals surface area contributed by atoms with E-state index in [1.807, 2.05) is 40.1 Å². The zero-order valence-electron chi connectivity index (χ0n) is 21.7. The normalized spacial score (nSPS) is 22.9. The molecule has 37 heavy (non-hydrogen) atoms. The topological polar surface area (TPSA) is 74.9 Å². The summed E-state index contributed by atoms with van der Waals surface area (Å²) in [6.07, 6.45) is 8.39. The predicted molar refractivity (Wildman–Crippen MR) is 142 cm³/mol. The molecule has 2 aromatic carbocycles. The van der Waals surface area contributed by atoms with E-state index in [9.17, 15) is 9.59 Å². The van der Waals surface area contributed by atoms with Gasteiger partial charge in [-0.1, -0.05) is 50.3 Å². The second-order valence-corrected chi connectivity index (χ2v) is 10.6. The first-order valence-corrected chi connectivity index (χ1v) is 13.5. The molecule has 0 bridgehead atoms. The molecule has 1 N–H and O–H groups in total. The number of ether oxygens (including phenoxy) is 2. The van der Waals surface area contributed by atoms with Gasteiger partial charge in [-0.05, 0) is 42.7 Å². The average Bonchev–Trinajstić information content (AvgIpc) is 3.28. The fraction of sp³-hybridized carbons (Fsp3) is 0.467. The zero-order valence-corrected chi connectivity index (χ0v) is 21.7. The predicted octanol–water partition coefficient (Wildman–Crippen LogP) is 4.98. The molecule has 1 aliphatic carbocycles. The third-order valence-electron chi connectivity index (χ3n) is 8.54. The van der Waals surface area contributed by atoms with Gasteiger partial charge in [0.25, 0.3) is 0 Å². The van der Waals surface area contributed by atoms with E-state index in [4.69, 9.17) is 9.47 Å². The molecule has 7 nitrogen and oxygen atoms in total. The minimum absolute atomic E-state index is 0.00848. The SMILES string of the molecule is COc1ccc(OC)c([C@@H]2c3[nH]c4ccccc4c3C[C@H]3C(=O)N(C4CCCCCCC4)CC(=O)N23)c1. The molecule has 7 heteroatoms. The summed E-state index contributed by atoms with van der Waals surface area (Å²) in [5.41, 5.74) is 3.88. The number of fused-ring (bicyclic) bond motifs is 4. The van der Waals surface area contributed by atoms with Crippen LogP contribution in [0.4, 0.5) is 0 Å². The Morgan fingerprint density at radius 2 is 1.68 bits per heavy atom. The molecule has 6 rings (SSSR count). The Morgan fingerprint density at radius 3 is 2.43 bits per heavy atom. The number of para-hydroxylation sites is 1. The van der Waals surface area contributed by atoms with E-state index < -0.39 is 12.1 Å². The lowest BCUT2D eigenvalue weighted by Gasteiger charge is -2.49. The summed E-state index contributed by atoms with van der Waals surface area (Å²) >= 11 is 0. The lowest BCUT2D eigenvalue weighted by atomic mass is 9.85. The molecule has 194 valence electrons. The lowest BCUT2D eigenvalue weighted by molar-refractivity contribution is -0.161. The highest BCUT2D eigenvalue weighted by atomic mass is 16.5. The van der Waals surface area contributed by atoms with Crippen LogP contribution < -0.4 is 9.47 Å². The smallest absolute Gasteiger partial charge is 0.246 e. The number of carbonyl (C=O) groups excluding carboxylic acids is 2. The molecule has 3 heterocycles. The van der Waals surface area contributed by atoms with Gasteiger partial charge in [-0.2, -0.15) is 0 Å². The van der Waals surface area contributed by atoms with Crippen molar-refractivity contribution in [1.29, 1.82) is 0 Å². The standard InChI is InChI=1S/C30H35N3O4/c1-36-20-14-15-26(37-2)23(16-20)29-28-22(21-12-8-9-13-24(21)31-28)17-25-30(35)32(18-27(34)33(25)29)19-10-6-4-3-5-7-11-19/h8-9,12-16,19,25,29,31H,3-7,10-11,17-18H2,1-2H3/t25-,29+/m0/s1. The van der Waals surface area contributed by atoms with E-state index in [0.29, 0.717) is 17.9 Å². The molecular formula is C30H35N3O4. The van der Waals surface area contributed by atoms with Crippen molar-refractivity contribution in [2.24, 2.45) is 0 Å². The van der Waals surface area contributed by atoms with E-state index in [2.05, 4.69) is 17.1 Å². The van der Waals surface area contributed by atoms with Gasteiger partial charge in [0.1, 0.15) is 30.1 Å². The third-order valence-corrected chi connectivity index (χ3v) is 8.54. The van der Waals surface area contributed by atoms with Gasteiger partial charge >= 0.3 is 0 Å². The number of nitrogens with one attached hydrogen (secondary N) is 1. The van der Waals surface area contributed by atoms with Gasteiger partial charge in [-0.25, -0.2) is 0 Å². The molecule has 1 saturated heterocycles. The quantitative estimate of drug-likeness (QED) is 0.547. The highest BCUT2D eigenvalue weighted by Crippen LogP contribution is 2.46. The van der Waals surface area contributed by atoms with Crippen LogP contribution in [-0.4, -0.2) is 59.4 Å². The van der Waals surface area contributed by atoms with Crippen molar-refractivity contribution in [3.63, 3.8) is 0 Å². The molecule has 0 radical (unpaired) electrons. The minimum Gasteiger partial charge on any atom is -0.497 e. The number of nitrogens with zero attached hydrogens (tertiary/aromatic N) is 2. The molecule has 2 fully saturated rings. The number of amides is 2. The van der Waals surface area contributed by atoms with Crippen LogP contribution in [0.25, 0.3) is 10.9 Å². The van der Waals surface area contributed by atoms with Crippen LogP contribution in [0.2, 0.25) is 0 Å². The Kier molecular flexibility index (Phi) is 6.31. The van der Waals surface area contributed by atoms with Gasteiger partial charge in [0.2, 0.25) is 11.8 Å². The molecule has 1 saturated carbocycles. The van der Waals surface area contributed by atoms with Crippen LogP contribution in [0.3, 0.4) is 0 Å². The van der Waals surface area contributed by atoms with Crippen molar-refractivity contribution in [3.8, 4) is 11.5 Å². The maximum Gasteiger partial charge on any atom is 0.246 e. The number of carbonyl (C=O) groups is 2. The average molecular weight is 502 g/mol. The Hall–Kier alpha value is -3.48. The molecule has 0 unspecified atom stereocenters. The highest BCUT2D eigenvalue weighted by molar-refractivity contribution is 5.98. The van der Waals surface area contributed by atoms with Crippen molar-refractivity contribution in [3.05, 3.63) is 59.3 Å². The highest BCUT2D eigenvalue weighted by Gasteiger charge is 2.50. The Morgan fingerprint density at radius 1 is 0.919 bits per heavy atom. The summed E-state index contributed by atoms with van der Waals surface area (Å²) in [7, 11) is 3.27. The number of aromatic amines is 1. The summed E-state index contributed by atoms with van der Waals surface area (Å²) in [6.45, 7) is 0.137. The number of methoxy groups -OCH3 is 2. The fourth-order valence-corrected chi connectivity index (χ4v) is 6.72. The van der Waals surface area contributed by atoms with Crippen molar-refractivity contribution < 1.29 is 19.1 Å². The van der Waals surface area contributed by atoms with Gasteiger partial charge in [-0.15, -0.1) is 0 Å². The Bertz CT molecular complexity index is 1320. The maximum atomic E-state index is 14.2. The number of rotatable bonds is 4. The van der Waals surface area contributed by atoms with Crippen LogP contribution in [0.15, 0.2) is 42.5 Å². The number of benzene rings is 2. The van der Waals surface area contributed by atoms with Crippen molar-refractivity contribution in [2.45, 2.75) is 69.5 Å². The van der Waals surface area contributed by atoms with Crippen LogP contribution in [-0.2, 0) is 16.0 Å². The first-order chi connectivity index (χ1) is 18.1. The van der Waals surface area contributed by atoms with Crippen LogP contribution in [0.5, 0.6) is 11.5 Å². The summed E-state index contributed by atoms with van der Waals surface area (Å²) in [6, 6.07) is 13.0. The summed E-state index contributed by atoms with van der Waals surface area (Å²) in [5.74, 6) is 1.42. The number of H-pyrrole nitrogens is 1. The molecule has 0 spiro atoms. The summed E-state index contributed by atoms with van der Waals surface area (Å²) < 4.78 is 11.3. The maximum absolute atomic E-state index is 14.2. The van der Waals surface area contributed by atoms with Crippen molar-refractivity contribution >= 4 is 22.7 Å². The second-order valence-electron chi connectivity index (χ2n) is 10.6. The van der Waals surface area contributed by atoms with Crippen molar-refractivity contribution in [2.75, 3.05) is 20.8 Å². The molecular weight excluding hydrogens is 466 g/mol. The molecule has 3 aliphatic rings. The molecule has 2 aliphatic heterocycles. The number of hydrogen-bond donors (Lipinski definition) is 1. The largest absolute Gasteiger partial charge is 0.497 e. The molecule has 2 atom stereocenters. The van der Waals surface area contributed by atoms with Gasteiger partial charge < -0.3 is 24.3 Å². The van der Waals surface area contributed by atoms with Crippen LogP contribution in [0, 0.1) is 0 Å². The van der Waals surface area contributed by atoms with Gasteiger partial charge in [0.05, 0.1) is 14.2 Å². The second kappa shape index (κ2) is 9.77. The van der Waals surface area contributed by atoms with E-state index in [0.717, 1.165) is 53.4 Å². The summed E-state index contributed by atoms with van der Waals surface area (Å²) in [5, 5.41) is 1.10. The number of hydrogen-bond acceptors (Lipinski definition) is 4. The van der Waals surface area contributed by atoms with Crippen LogP contribution >= 0.6 is 0 Å². The van der Waals surface area contributed by atoms with E-state index in [1.165, 1.54) is 19.3 Å². The van der Waals surface area contributed by atoms with Gasteiger partial charge in [0.15, 0.2) is 0 Å². The molecule has 2 amide bonds. The lowest BCUT2D eigenvalue weighted by Crippen LogP contribution is -2.64. The zero-order chi connectivity index (χ0) is 25.5.